The monoisotopic (exact) mass is 387 g/mol. The van der Waals surface area contributed by atoms with Crippen LogP contribution in [0.5, 0.6) is 0 Å². The first-order valence-electron chi connectivity index (χ1n) is 10.1. The van der Waals surface area contributed by atoms with Gasteiger partial charge in [0.25, 0.3) is 0 Å². The predicted molar refractivity (Wildman–Crippen MR) is 108 cm³/mol. The van der Waals surface area contributed by atoms with Gasteiger partial charge in [-0.2, -0.15) is 0 Å². The van der Waals surface area contributed by atoms with Gasteiger partial charge in [0.15, 0.2) is 0 Å². The normalized spacial score (nSPS) is 17.4. The number of nitrogens with zero attached hydrogens (tertiary/aromatic N) is 2. The van der Waals surface area contributed by atoms with Crippen LogP contribution in [0.2, 0.25) is 0 Å². The third kappa shape index (κ3) is 4.28. The van der Waals surface area contributed by atoms with Gasteiger partial charge in [0.2, 0.25) is 0 Å². The number of benzene rings is 2. The molecule has 0 spiro atoms. The Bertz CT molecular complexity index is 802. The molecule has 0 amide bonds. The molecule has 4 nitrogen and oxygen atoms in total. The number of halogens is 2. The van der Waals surface area contributed by atoms with Crippen molar-refractivity contribution >= 4 is 11.4 Å². The molecule has 0 atom stereocenters. The predicted octanol–water partition coefficient (Wildman–Crippen LogP) is 3.69. The molecule has 0 unspecified atom stereocenters. The van der Waals surface area contributed by atoms with E-state index in [1.165, 1.54) is 6.07 Å². The molecule has 2 saturated heterocycles. The number of hydrogen-bond acceptors (Lipinski definition) is 4. The minimum atomic E-state index is -0.218. The van der Waals surface area contributed by atoms with E-state index in [-0.39, 0.29) is 11.6 Å². The maximum atomic E-state index is 14.5. The summed E-state index contributed by atoms with van der Waals surface area (Å²) in [5, 5.41) is 3.28. The van der Waals surface area contributed by atoms with E-state index in [0.717, 1.165) is 37.2 Å². The van der Waals surface area contributed by atoms with E-state index in [4.69, 9.17) is 4.74 Å². The molecular weight excluding hydrogens is 360 g/mol. The van der Waals surface area contributed by atoms with Crippen LogP contribution in [-0.2, 0) is 17.8 Å². The quantitative estimate of drug-likeness (QED) is 0.818. The molecule has 2 heterocycles. The fraction of sp³-hybridized carbons (Fsp3) is 0.455. The van der Waals surface area contributed by atoms with Crippen molar-refractivity contribution in [1.29, 1.82) is 0 Å². The fourth-order valence-electron chi connectivity index (χ4n) is 4.03. The highest BCUT2D eigenvalue weighted by molar-refractivity contribution is 5.55. The SMILES string of the molecule is Fc1cc(CNCc2c(F)cccc2N2CCCC2)ccc1N1CCOCC1. The number of anilines is 2. The number of morpholine rings is 1. The summed E-state index contributed by atoms with van der Waals surface area (Å²) in [4.78, 5) is 4.26. The number of nitrogens with one attached hydrogen (secondary N) is 1. The van der Waals surface area contributed by atoms with Gasteiger partial charge in [-0.05, 0) is 42.7 Å². The Morgan fingerprint density at radius 3 is 2.32 bits per heavy atom. The zero-order valence-electron chi connectivity index (χ0n) is 16.1. The van der Waals surface area contributed by atoms with Crippen molar-refractivity contribution in [2.24, 2.45) is 0 Å². The van der Waals surface area contributed by atoms with Crippen molar-refractivity contribution in [3.63, 3.8) is 0 Å². The molecule has 0 bridgehead atoms. The molecule has 0 aromatic heterocycles. The molecule has 4 rings (SSSR count). The van der Waals surface area contributed by atoms with E-state index in [0.29, 0.717) is 50.6 Å². The number of ether oxygens (including phenoxy) is 1. The molecule has 2 fully saturated rings. The standard InChI is InChI=1S/C22H27F2N3O/c23-19-4-3-5-21(26-8-1-2-9-26)18(19)16-25-15-17-6-7-22(20(24)14-17)27-10-12-28-13-11-27/h3-7,14,25H,1-2,8-13,15-16H2. The van der Waals surface area contributed by atoms with Gasteiger partial charge in [0, 0.05) is 50.5 Å². The first-order valence-corrected chi connectivity index (χ1v) is 10.1. The Balaban J connectivity index is 1.40. The molecule has 0 radical (unpaired) electrons. The lowest BCUT2D eigenvalue weighted by Gasteiger charge is -2.29. The van der Waals surface area contributed by atoms with E-state index in [2.05, 4.69) is 10.2 Å². The van der Waals surface area contributed by atoms with E-state index in [1.807, 2.05) is 23.1 Å². The third-order valence-electron chi connectivity index (χ3n) is 5.54. The molecule has 2 aromatic carbocycles. The van der Waals surface area contributed by atoms with Crippen LogP contribution in [-0.4, -0.2) is 39.4 Å². The molecule has 2 aliphatic rings. The van der Waals surface area contributed by atoms with Crippen LogP contribution in [0.4, 0.5) is 20.2 Å². The zero-order valence-corrected chi connectivity index (χ0v) is 16.1. The van der Waals surface area contributed by atoms with Crippen LogP contribution in [0, 0.1) is 11.6 Å². The Morgan fingerprint density at radius 1 is 0.821 bits per heavy atom. The molecule has 2 aliphatic heterocycles. The molecule has 150 valence electrons. The highest BCUT2D eigenvalue weighted by Gasteiger charge is 2.18. The van der Waals surface area contributed by atoms with Crippen LogP contribution < -0.4 is 15.1 Å². The molecule has 2 aromatic rings. The van der Waals surface area contributed by atoms with E-state index < -0.39 is 0 Å². The lowest BCUT2D eigenvalue weighted by molar-refractivity contribution is 0.122. The van der Waals surface area contributed by atoms with E-state index in [9.17, 15) is 8.78 Å². The second-order valence-corrected chi connectivity index (χ2v) is 7.42. The van der Waals surface area contributed by atoms with Crippen molar-refractivity contribution in [1.82, 2.24) is 5.32 Å². The summed E-state index contributed by atoms with van der Waals surface area (Å²) in [6, 6.07) is 10.6. The summed E-state index contributed by atoms with van der Waals surface area (Å²) < 4.78 is 34.3. The Labute approximate surface area is 165 Å². The van der Waals surface area contributed by atoms with Crippen molar-refractivity contribution in [3.8, 4) is 0 Å². The van der Waals surface area contributed by atoms with Gasteiger partial charge in [-0.3, -0.25) is 0 Å². The maximum Gasteiger partial charge on any atom is 0.146 e. The van der Waals surface area contributed by atoms with Gasteiger partial charge in [-0.25, -0.2) is 8.78 Å². The maximum absolute atomic E-state index is 14.5. The fourth-order valence-corrected chi connectivity index (χ4v) is 4.03. The summed E-state index contributed by atoms with van der Waals surface area (Å²) in [6.45, 7) is 5.55. The Kier molecular flexibility index (Phi) is 6.07. The van der Waals surface area contributed by atoms with Crippen LogP contribution in [0.25, 0.3) is 0 Å². The Hall–Kier alpha value is -2.18. The van der Waals surface area contributed by atoms with Crippen LogP contribution in [0.1, 0.15) is 24.0 Å². The number of hydrogen-bond donors (Lipinski definition) is 1. The molecule has 0 saturated carbocycles. The molecular formula is C22H27F2N3O. The van der Waals surface area contributed by atoms with Gasteiger partial charge in [0.05, 0.1) is 18.9 Å². The van der Waals surface area contributed by atoms with Crippen molar-refractivity contribution < 1.29 is 13.5 Å². The van der Waals surface area contributed by atoms with Crippen LogP contribution >= 0.6 is 0 Å². The highest BCUT2D eigenvalue weighted by Crippen LogP contribution is 2.27. The van der Waals surface area contributed by atoms with E-state index in [1.54, 1.807) is 12.1 Å². The lowest BCUT2D eigenvalue weighted by atomic mass is 10.1. The molecule has 6 heteroatoms. The topological polar surface area (TPSA) is 27.7 Å². The summed E-state index contributed by atoms with van der Waals surface area (Å²) >= 11 is 0. The van der Waals surface area contributed by atoms with Gasteiger partial charge in [-0.15, -0.1) is 0 Å². The molecule has 1 N–H and O–H groups in total. The zero-order chi connectivity index (χ0) is 19.3. The second kappa shape index (κ2) is 8.88. The second-order valence-electron chi connectivity index (χ2n) is 7.42. The van der Waals surface area contributed by atoms with Crippen LogP contribution in [0.15, 0.2) is 36.4 Å². The van der Waals surface area contributed by atoms with Gasteiger partial charge in [0.1, 0.15) is 11.6 Å². The van der Waals surface area contributed by atoms with Crippen molar-refractivity contribution in [2.45, 2.75) is 25.9 Å². The number of rotatable bonds is 6. The summed E-state index contributed by atoms with van der Waals surface area (Å²) in [7, 11) is 0. The van der Waals surface area contributed by atoms with Gasteiger partial charge in [-0.1, -0.05) is 12.1 Å². The highest BCUT2D eigenvalue weighted by atomic mass is 19.1. The first kappa shape index (κ1) is 19.2. The van der Waals surface area contributed by atoms with Crippen LogP contribution in [0.3, 0.4) is 0 Å². The average molecular weight is 387 g/mol. The molecule has 0 aliphatic carbocycles. The first-order chi connectivity index (χ1) is 13.7. The summed E-state index contributed by atoms with van der Waals surface area (Å²) in [5.41, 5.74) is 3.14. The largest absolute Gasteiger partial charge is 0.378 e. The molecule has 28 heavy (non-hydrogen) atoms. The third-order valence-corrected chi connectivity index (χ3v) is 5.54. The van der Waals surface area contributed by atoms with Crippen molar-refractivity contribution in [3.05, 3.63) is 59.2 Å². The average Bonchev–Trinajstić information content (AvgIpc) is 3.24. The smallest absolute Gasteiger partial charge is 0.146 e. The summed E-state index contributed by atoms with van der Waals surface area (Å²) in [6.07, 6.45) is 2.30. The van der Waals surface area contributed by atoms with Crippen molar-refractivity contribution in [2.75, 3.05) is 49.2 Å². The Morgan fingerprint density at radius 2 is 1.57 bits per heavy atom. The van der Waals surface area contributed by atoms with Gasteiger partial charge >= 0.3 is 0 Å². The minimum Gasteiger partial charge on any atom is -0.378 e. The van der Waals surface area contributed by atoms with Gasteiger partial charge < -0.3 is 19.9 Å². The van der Waals surface area contributed by atoms with E-state index >= 15 is 0 Å². The minimum absolute atomic E-state index is 0.189. The lowest BCUT2D eigenvalue weighted by Crippen LogP contribution is -2.36. The summed E-state index contributed by atoms with van der Waals surface area (Å²) in [5.74, 6) is -0.407.